The summed E-state index contributed by atoms with van der Waals surface area (Å²) in [4.78, 5) is 13.6. The zero-order chi connectivity index (χ0) is 14.9. The average molecular weight is 352 g/mol. The third-order valence-electron chi connectivity index (χ3n) is 3.05. The lowest BCUT2D eigenvalue weighted by Crippen LogP contribution is -2.50. The molecule has 1 aromatic carbocycles. The van der Waals surface area contributed by atoms with E-state index < -0.39 is 28.9 Å². The number of nitrogens with zero attached hydrogens (tertiary/aromatic N) is 1. The van der Waals surface area contributed by atoms with Gasteiger partial charge >= 0.3 is 0 Å². The molecule has 1 saturated heterocycles. The van der Waals surface area contributed by atoms with Crippen molar-refractivity contribution >= 4 is 21.8 Å². The molecule has 0 aromatic heterocycles. The van der Waals surface area contributed by atoms with Gasteiger partial charge in [0.15, 0.2) is 17.5 Å². The van der Waals surface area contributed by atoms with E-state index in [9.17, 15) is 18.0 Å². The number of carbonyl (C=O) groups is 1. The van der Waals surface area contributed by atoms with E-state index in [0.717, 1.165) is 12.1 Å². The first kappa shape index (κ1) is 15.3. The molecule has 7 heteroatoms. The average Bonchev–Trinajstić information content (AvgIpc) is 2.43. The first-order valence-corrected chi connectivity index (χ1v) is 7.20. The van der Waals surface area contributed by atoms with Gasteiger partial charge in [0.25, 0.3) is 5.91 Å². The predicted octanol–water partition coefficient (Wildman–Crippen LogP) is 2.73. The van der Waals surface area contributed by atoms with Crippen LogP contribution in [0.5, 0.6) is 0 Å². The summed E-state index contributed by atoms with van der Waals surface area (Å²) >= 11 is 3.26. The van der Waals surface area contributed by atoms with Crippen LogP contribution in [0.1, 0.15) is 17.3 Å². The van der Waals surface area contributed by atoms with Gasteiger partial charge in [-0.1, -0.05) is 15.9 Å². The van der Waals surface area contributed by atoms with Crippen LogP contribution in [0.2, 0.25) is 0 Å². The molecular weight excluding hydrogens is 339 g/mol. The first-order valence-electron chi connectivity index (χ1n) is 6.08. The summed E-state index contributed by atoms with van der Waals surface area (Å²) < 4.78 is 45.3. The van der Waals surface area contributed by atoms with Gasteiger partial charge in [0.2, 0.25) is 0 Å². The number of hydrogen-bond acceptors (Lipinski definition) is 2. The second-order valence-corrected chi connectivity index (χ2v) is 5.30. The molecule has 2 unspecified atom stereocenters. The Morgan fingerprint density at radius 3 is 2.70 bits per heavy atom. The summed E-state index contributed by atoms with van der Waals surface area (Å²) in [5.74, 6) is -5.06. The van der Waals surface area contributed by atoms with Gasteiger partial charge in [-0.05, 0) is 19.1 Å². The van der Waals surface area contributed by atoms with Crippen LogP contribution in [0.4, 0.5) is 13.2 Å². The monoisotopic (exact) mass is 351 g/mol. The first-order chi connectivity index (χ1) is 9.43. The van der Waals surface area contributed by atoms with Gasteiger partial charge in [-0.3, -0.25) is 4.79 Å². The standard InChI is InChI=1S/C13H13BrF3NO2/c1-7-5-18(6-8(4-14)20-7)13(19)9-2-3-10(15)12(17)11(9)16/h2-3,7-8H,4-6H2,1H3. The van der Waals surface area contributed by atoms with Gasteiger partial charge in [0.05, 0.1) is 17.8 Å². The molecule has 0 bridgehead atoms. The number of alkyl halides is 1. The molecule has 0 spiro atoms. The van der Waals surface area contributed by atoms with Crippen LogP contribution in [-0.4, -0.2) is 41.4 Å². The molecule has 1 aliphatic rings. The lowest BCUT2D eigenvalue weighted by Gasteiger charge is -2.36. The topological polar surface area (TPSA) is 29.5 Å². The number of amides is 1. The van der Waals surface area contributed by atoms with Gasteiger partial charge in [-0.25, -0.2) is 13.2 Å². The highest BCUT2D eigenvalue weighted by Gasteiger charge is 2.30. The van der Waals surface area contributed by atoms with Gasteiger partial charge in [-0.2, -0.15) is 0 Å². The Hall–Kier alpha value is -1.08. The molecule has 1 aromatic rings. The third kappa shape index (κ3) is 2.98. The fourth-order valence-corrected chi connectivity index (χ4v) is 2.52. The highest BCUT2D eigenvalue weighted by Crippen LogP contribution is 2.20. The molecule has 1 heterocycles. The van der Waals surface area contributed by atoms with Crippen molar-refractivity contribution in [1.29, 1.82) is 0 Å². The quantitative estimate of drug-likeness (QED) is 0.605. The maximum Gasteiger partial charge on any atom is 0.257 e. The van der Waals surface area contributed by atoms with E-state index >= 15 is 0 Å². The van der Waals surface area contributed by atoms with Crippen molar-refractivity contribution in [3.63, 3.8) is 0 Å². The number of ether oxygens (including phenoxy) is 1. The maximum absolute atomic E-state index is 13.6. The Bertz CT molecular complexity index is 527. The Kier molecular flexibility index (Phi) is 4.70. The van der Waals surface area contributed by atoms with Crippen LogP contribution in [0, 0.1) is 17.5 Å². The van der Waals surface area contributed by atoms with E-state index in [4.69, 9.17) is 4.74 Å². The third-order valence-corrected chi connectivity index (χ3v) is 3.77. The smallest absolute Gasteiger partial charge is 0.257 e. The molecule has 110 valence electrons. The van der Waals surface area contributed by atoms with Crippen molar-refractivity contribution < 1.29 is 22.7 Å². The summed E-state index contributed by atoms with van der Waals surface area (Å²) in [6.07, 6.45) is -0.417. The Morgan fingerprint density at radius 2 is 2.05 bits per heavy atom. The van der Waals surface area contributed by atoms with Crippen molar-refractivity contribution in [3.8, 4) is 0 Å². The molecule has 0 N–H and O–H groups in total. The van der Waals surface area contributed by atoms with Gasteiger partial charge in [0, 0.05) is 18.4 Å². The molecule has 3 nitrogen and oxygen atoms in total. The van der Waals surface area contributed by atoms with Gasteiger partial charge in [0.1, 0.15) is 0 Å². The molecule has 1 amide bonds. The molecule has 1 aliphatic heterocycles. The second-order valence-electron chi connectivity index (χ2n) is 4.66. The highest BCUT2D eigenvalue weighted by atomic mass is 79.9. The Balaban J connectivity index is 2.25. The van der Waals surface area contributed by atoms with Crippen molar-refractivity contribution in [2.24, 2.45) is 0 Å². The van der Waals surface area contributed by atoms with Crippen LogP contribution in [-0.2, 0) is 4.74 Å². The minimum absolute atomic E-state index is 0.205. The summed E-state index contributed by atoms with van der Waals surface area (Å²) in [5, 5.41) is 0.529. The van der Waals surface area contributed by atoms with Crippen LogP contribution >= 0.6 is 15.9 Å². The minimum Gasteiger partial charge on any atom is -0.371 e. The molecule has 0 radical (unpaired) electrons. The summed E-state index contributed by atoms with van der Waals surface area (Å²) in [6, 6.07) is 1.71. The van der Waals surface area contributed by atoms with Crippen molar-refractivity contribution in [3.05, 3.63) is 35.1 Å². The highest BCUT2D eigenvalue weighted by molar-refractivity contribution is 9.09. The number of hydrogen-bond donors (Lipinski definition) is 0. The van der Waals surface area contributed by atoms with E-state index in [1.807, 2.05) is 0 Å². The van der Waals surface area contributed by atoms with Crippen LogP contribution < -0.4 is 0 Å². The molecule has 2 atom stereocenters. The van der Waals surface area contributed by atoms with Crippen LogP contribution in [0.15, 0.2) is 12.1 Å². The van der Waals surface area contributed by atoms with Crippen LogP contribution in [0.3, 0.4) is 0 Å². The number of rotatable bonds is 2. The summed E-state index contributed by atoms with van der Waals surface area (Å²) in [5.41, 5.74) is -0.466. The summed E-state index contributed by atoms with van der Waals surface area (Å²) in [7, 11) is 0. The normalized spacial score (nSPS) is 22.9. The molecule has 0 aliphatic carbocycles. The Labute approximate surface area is 122 Å². The van der Waals surface area contributed by atoms with Crippen LogP contribution in [0.25, 0.3) is 0 Å². The van der Waals surface area contributed by atoms with E-state index in [-0.39, 0.29) is 25.3 Å². The fourth-order valence-electron chi connectivity index (χ4n) is 2.16. The largest absolute Gasteiger partial charge is 0.371 e. The zero-order valence-electron chi connectivity index (χ0n) is 10.7. The number of halogens is 4. The number of morpholine rings is 1. The van der Waals surface area contributed by atoms with E-state index in [0.29, 0.717) is 5.33 Å². The lowest BCUT2D eigenvalue weighted by molar-refractivity contribution is -0.0560. The van der Waals surface area contributed by atoms with E-state index in [1.165, 1.54) is 4.90 Å². The number of carbonyl (C=O) groups excluding carboxylic acids is 1. The molecule has 2 rings (SSSR count). The minimum atomic E-state index is -1.63. The van der Waals surface area contributed by atoms with Crippen molar-refractivity contribution in [1.82, 2.24) is 4.90 Å². The fraction of sp³-hybridized carbons (Fsp3) is 0.462. The molecular formula is C13H13BrF3NO2. The molecule has 1 fully saturated rings. The van der Waals surface area contributed by atoms with Gasteiger partial charge < -0.3 is 9.64 Å². The zero-order valence-corrected chi connectivity index (χ0v) is 12.3. The maximum atomic E-state index is 13.6. The SMILES string of the molecule is CC1CN(C(=O)c2ccc(F)c(F)c2F)CC(CBr)O1. The molecule has 20 heavy (non-hydrogen) atoms. The van der Waals surface area contributed by atoms with Gasteiger partial charge in [-0.15, -0.1) is 0 Å². The van der Waals surface area contributed by atoms with E-state index in [1.54, 1.807) is 6.92 Å². The van der Waals surface area contributed by atoms with Crippen molar-refractivity contribution in [2.45, 2.75) is 19.1 Å². The Morgan fingerprint density at radius 1 is 1.35 bits per heavy atom. The lowest BCUT2D eigenvalue weighted by atomic mass is 10.1. The molecule has 0 saturated carbocycles. The number of benzene rings is 1. The van der Waals surface area contributed by atoms with E-state index in [2.05, 4.69) is 15.9 Å². The predicted molar refractivity (Wildman–Crippen MR) is 70.3 cm³/mol. The van der Waals surface area contributed by atoms with Crippen molar-refractivity contribution in [2.75, 3.05) is 18.4 Å². The second kappa shape index (κ2) is 6.13. The summed E-state index contributed by atoms with van der Waals surface area (Å²) in [6.45, 7) is 2.34.